The highest BCUT2D eigenvalue weighted by molar-refractivity contribution is 5.84. The van der Waals surface area contributed by atoms with Gasteiger partial charge in [-0.1, -0.05) is 6.58 Å². The first-order chi connectivity index (χ1) is 28.9. The van der Waals surface area contributed by atoms with E-state index in [-0.39, 0.29) is 124 Å². The fourth-order valence-corrected chi connectivity index (χ4v) is 2.01. The Labute approximate surface area is 361 Å². The zero-order valence-corrected chi connectivity index (χ0v) is 37.1. The molecule has 0 aromatic rings. The van der Waals surface area contributed by atoms with Crippen LogP contribution in [0.25, 0.3) is 0 Å². The summed E-state index contributed by atoms with van der Waals surface area (Å²) in [5.41, 5.74) is 0.176. The van der Waals surface area contributed by atoms with Crippen molar-refractivity contribution in [3.63, 3.8) is 0 Å². The molecule has 60 heavy (non-hydrogen) atoms. The molecule has 0 fully saturated rings. The lowest BCUT2D eigenvalue weighted by atomic mass is 10.3. The van der Waals surface area contributed by atoms with Crippen LogP contribution in [0.15, 0.2) is 12.2 Å². The minimum absolute atomic E-state index is 0.176. The van der Waals surface area contributed by atoms with Gasteiger partial charge in [0.1, 0.15) is 0 Å². The zero-order chi connectivity index (χ0) is 48.6. The van der Waals surface area contributed by atoms with Gasteiger partial charge >= 0.3 is 5.97 Å². The molecule has 20 heteroatoms. The van der Waals surface area contributed by atoms with Crippen molar-refractivity contribution >= 4 is 5.97 Å². The predicted octanol–water partition coefficient (Wildman–Crippen LogP) is -1.59. The molecule has 0 saturated heterocycles. The van der Waals surface area contributed by atoms with Gasteiger partial charge < -0.3 is 97.0 Å². The fraction of sp³-hybridized carbons (Fsp3) is 0.925. The highest BCUT2D eigenvalue weighted by atomic mass is 16.4. The van der Waals surface area contributed by atoms with Gasteiger partial charge in [-0.2, -0.15) is 0 Å². The van der Waals surface area contributed by atoms with Crippen molar-refractivity contribution in [2.24, 2.45) is 0 Å². The summed E-state index contributed by atoms with van der Waals surface area (Å²) in [7, 11) is 0. The summed E-state index contributed by atoms with van der Waals surface area (Å²) in [6.07, 6.45) is 12.9. The molecule has 0 aliphatic rings. The number of rotatable bonds is 28. The van der Waals surface area contributed by atoms with Gasteiger partial charge in [0, 0.05) is 124 Å². The molecular formula is C40H96O20. The first-order valence-electron chi connectivity index (χ1n) is 20.7. The lowest BCUT2D eigenvalue weighted by Gasteiger charge is -1.85. The molecule has 376 valence electrons. The van der Waals surface area contributed by atoms with Crippen LogP contribution in [0.5, 0.6) is 0 Å². The number of aliphatic carboxylic acids is 1. The summed E-state index contributed by atoms with van der Waals surface area (Å²) in [4.78, 5) is 9.60. The van der Waals surface area contributed by atoms with Gasteiger partial charge in [-0.3, -0.25) is 0 Å². The molecule has 0 aromatic heterocycles. The largest absolute Gasteiger partial charge is 0.478 e. The molecular weight excluding hydrogens is 800 g/mol. The first-order valence-corrected chi connectivity index (χ1v) is 20.7. The average molecular weight is 897 g/mol. The summed E-state index contributed by atoms with van der Waals surface area (Å²) >= 11 is 0. The number of unbranched alkanes of at least 4 members (excludes halogenated alkanes) is 9. The molecule has 0 unspecified atom stereocenters. The quantitative estimate of drug-likeness (QED) is 0.0311. The first kappa shape index (κ1) is 82.2. The van der Waals surface area contributed by atoms with Gasteiger partial charge in [0.25, 0.3) is 0 Å². The standard InChI is InChI=1S/C4H6O2.9C4H10O2/c1-3(2)4(5)6;9*5-3-1-2-4-6/h1H2,2H3,(H,5,6);9*5-6H,1-4H2. The average Bonchev–Trinajstić information content (AvgIpc) is 3.27. The molecule has 0 aromatic carbocycles. The van der Waals surface area contributed by atoms with Gasteiger partial charge in [-0.05, 0) is 122 Å². The van der Waals surface area contributed by atoms with Gasteiger partial charge in [0.2, 0.25) is 0 Å². The molecule has 0 atom stereocenters. The van der Waals surface area contributed by atoms with E-state index >= 15 is 0 Å². The van der Waals surface area contributed by atoms with Crippen molar-refractivity contribution in [3.05, 3.63) is 12.2 Å². The molecule has 0 spiro atoms. The van der Waals surface area contributed by atoms with Crippen molar-refractivity contribution in [1.82, 2.24) is 0 Å². The van der Waals surface area contributed by atoms with Crippen molar-refractivity contribution < 1.29 is 102 Å². The molecule has 0 aliphatic heterocycles. The van der Waals surface area contributed by atoms with E-state index in [1.54, 1.807) is 0 Å². The minimum Gasteiger partial charge on any atom is -0.478 e. The van der Waals surface area contributed by atoms with Gasteiger partial charge in [0.05, 0.1) is 0 Å². The van der Waals surface area contributed by atoms with Crippen LogP contribution >= 0.6 is 0 Å². The number of carboxylic acid groups (broad SMARTS) is 1. The number of aliphatic hydroxyl groups excluding tert-OH is 18. The molecule has 0 amide bonds. The summed E-state index contributed by atoms with van der Waals surface area (Å²) < 4.78 is 0. The van der Waals surface area contributed by atoms with Crippen molar-refractivity contribution in [2.75, 3.05) is 119 Å². The SMILES string of the molecule is C=C(C)C(=O)O.OCCCCO.OCCCCO.OCCCCO.OCCCCO.OCCCCO.OCCCCO.OCCCCO.OCCCCO.OCCCCO. The van der Waals surface area contributed by atoms with Gasteiger partial charge in [-0.15, -0.1) is 0 Å². The maximum Gasteiger partial charge on any atom is 0.330 e. The minimum atomic E-state index is -0.935. The molecule has 0 saturated carbocycles. The van der Waals surface area contributed by atoms with Crippen LogP contribution in [-0.2, 0) is 4.79 Å². The molecule has 0 heterocycles. The van der Waals surface area contributed by atoms with Crippen LogP contribution in [-0.4, -0.2) is 222 Å². The van der Waals surface area contributed by atoms with Crippen LogP contribution in [0, 0.1) is 0 Å². The number of carbonyl (C=O) groups is 1. The zero-order valence-electron chi connectivity index (χ0n) is 37.1. The molecule has 19 N–H and O–H groups in total. The lowest BCUT2D eigenvalue weighted by molar-refractivity contribution is -0.132. The van der Waals surface area contributed by atoms with Gasteiger partial charge in [-0.25, -0.2) is 4.79 Å². The van der Waals surface area contributed by atoms with Crippen LogP contribution in [0.1, 0.15) is 122 Å². The third kappa shape index (κ3) is 200. The Morgan fingerprint density at radius 3 is 0.317 bits per heavy atom. The Bertz CT molecular complexity index is 421. The molecule has 0 bridgehead atoms. The molecule has 0 rings (SSSR count). The number of aliphatic hydroxyl groups is 18. The van der Waals surface area contributed by atoms with Crippen LogP contribution in [0.2, 0.25) is 0 Å². The predicted molar refractivity (Wildman–Crippen MR) is 233 cm³/mol. The third-order valence-electron chi connectivity index (χ3n) is 5.46. The van der Waals surface area contributed by atoms with E-state index in [9.17, 15) is 4.79 Å². The summed E-state index contributed by atoms with van der Waals surface area (Å²) in [6.45, 7) is 8.11. The summed E-state index contributed by atoms with van der Waals surface area (Å²) in [5.74, 6) is -0.935. The van der Waals surface area contributed by atoms with Gasteiger partial charge in [0.15, 0.2) is 0 Å². The van der Waals surface area contributed by atoms with Crippen molar-refractivity contribution in [2.45, 2.75) is 122 Å². The smallest absolute Gasteiger partial charge is 0.330 e. The Morgan fingerprint density at radius 1 is 0.250 bits per heavy atom. The highest BCUT2D eigenvalue weighted by Gasteiger charge is 1.90. The van der Waals surface area contributed by atoms with E-state index in [2.05, 4.69) is 6.58 Å². The van der Waals surface area contributed by atoms with Crippen molar-refractivity contribution in [3.8, 4) is 0 Å². The maximum atomic E-state index is 9.60. The second kappa shape index (κ2) is 112. The Morgan fingerprint density at radius 2 is 0.300 bits per heavy atom. The monoisotopic (exact) mass is 897 g/mol. The number of carboxylic acids is 1. The van der Waals surface area contributed by atoms with E-state index in [0.717, 1.165) is 116 Å². The van der Waals surface area contributed by atoms with Crippen molar-refractivity contribution in [1.29, 1.82) is 0 Å². The van der Waals surface area contributed by atoms with Crippen LogP contribution in [0.3, 0.4) is 0 Å². The summed E-state index contributed by atoms with van der Waals surface area (Å²) in [6, 6.07) is 0. The fourth-order valence-electron chi connectivity index (χ4n) is 2.01. The van der Waals surface area contributed by atoms with E-state index < -0.39 is 5.97 Å². The maximum absolute atomic E-state index is 9.60. The number of hydrogen-bond acceptors (Lipinski definition) is 19. The third-order valence-corrected chi connectivity index (χ3v) is 5.46. The second-order valence-electron chi connectivity index (χ2n) is 11.5. The molecule has 20 nitrogen and oxygen atoms in total. The Balaban J connectivity index is -0.0000000579. The van der Waals surface area contributed by atoms with E-state index in [0.29, 0.717) is 0 Å². The molecule has 0 aliphatic carbocycles. The summed E-state index contributed by atoms with van der Waals surface area (Å²) in [5, 5.41) is 153. The van der Waals surface area contributed by atoms with Crippen LogP contribution in [0.4, 0.5) is 0 Å². The topological polar surface area (TPSA) is 401 Å². The Hall–Kier alpha value is -1.51. The number of hydrogen-bond donors (Lipinski definition) is 19. The van der Waals surface area contributed by atoms with E-state index in [4.69, 9.17) is 97.0 Å². The van der Waals surface area contributed by atoms with Crippen LogP contribution < -0.4 is 0 Å². The van der Waals surface area contributed by atoms with E-state index in [1.807, 2.05) is 0 Å². The highest BCUT2D eigenvalue weighted by Crippen LogP contribution is 1.85. The lowest BCUT2D eigenvalue weighted by Crippen LogP contribution is -1.92. The molecule has 0 radical (unpaired) electrons. The normalized spacial score (nSPS) is 8.85. The van der Waals surface area contributed by atoms with E-state index in [1.165, 1.54) is 6.92 Å². The second-order valence-corrected chi connectivity index (χ2v) is 11.5. The Kier molecular flexibility index (Phi) is 153.